The molecule has 124 valence electrons. The largest absolute Gasteiger partial charge is 0.300 e. The van der Waals surface area contributed by atoms with Crippen molar-refractivity contribution in [3.8, 4) is 0 Å². The third kappa shape index (κ3) is 3.54. The summed E-state index contributed by atoms with van der Waals surface area (Å²) in [6.45, 7) is 9.65. The molecule has 3 aliphatic rings. The summed E-state index contributed by atoms with van der Waals surface area (Å²) in [6.07, 6.45) is 8.98. The predicted molar refractivity (Wildman–Crippen MR) is 96.4 cm³/mol. The molecule has 4 rings (SSSR count). The van der Waals surface area contributed by atoms with E-state index < -0.39 is 0 Å². The van der Waals surface area contributed by atoms with Gasteiger partial charge in [0, 0.05) is 39.3 Å². The van der Waals surface area contributed by atoms with Gasteiger partial charge in [0.05, 0.1) is 0 Å². The average Bonchev–Trinajstić information content (AvgIpc) is 3.20. The summed E-state index contributed by atoms with van der Waals surface area (Å²) in [5.74, 6) is 2.76. The van der Waals surface area contributed by atoms with Crippen LogP contribution in [0.3, 0.4) is 0 Å². The summed E-state index contributed by atoms with van der Waals surface area (Å²) in [4.78, 5) is 5.34. The van der Waals surface area contributed by atoms with Gasteiger partial charge >= 0.3 is 0 Å². The number of aryl methyl sites for hydroxylation is 1. The third-order valence-electron chi connectivity index (χ3n) is 6.21. The van der Waals surface area contributed by atoms with Crippen molar-refractivity contribution in [2.75, 3.05) is 32.7 Å². The molecule has 1 saturated heterocycles. The van der Waals surface area contributed by atoms with Crippen molar-refractivity contribution < 1.29 is 0 Å². The molecular weight excluding hydrogens is 280 g/mol. The molecule has 1 aliphatic heterocycles. The van der Waals surface area contributed by atoms with Crippen LogP contribution in [0.2, 0.25) is 0 Å². The predicted octanol–water partition coefficient (Wildman–Crippen LogP) is 3.58. The van der Waals surface area contributed by atoms with E-state index in [1.165, 1.54) is 56.7 Å². The van der Waals surface area contributed by atoms with Crippen LogP contribution in [0.4, 0.5) is 0 Å². The molecule has 3 atom stereocenters. The Hall–Kier alpha value is -1.12. The fourth-order valence-corrected chi connectivity index (χ4v) is 4.70. The normalized spacial score (nSPS) is 31.1. The molecule has 2 heteroatoms. The van der Waals surface area contributed by atoms with E-state index in [4.69, 9.17) is 0 Å². The van der Waals surface area contributed by atoms with E-state index in [2.05, 4.69) is 53.1 Å². The highest BCUT2D eigenvalue weighted by molar-refractivity contribution is 5.22. The van der Waals surface area contributed by atoms with Crippen LogP contribution in [0.15, 0.2) is 36.4 Å². The second-order valence-electron chi connectivity index (χ2n) is 7.79. The quantitative estimate of drug-likeness (QED) is 0.767. The fraction of sp³-hybridized carbons (Fsp3) is 0.619. The molecule has 0 aromatic heterocycles. The van der Waals surface area contributed by atoms with Gasteiger partial charge in [-0.05, 0) is 48.1 Å². The van der Waals surface area contributed by atoms with Gasteiger partial charge in [-0.25, -0.2) is 0 Å². The van der Waals surface area contributed by atoms with Gasteiger partial charge in [-0.3, -0.25) is 4.90 Å². The van der Waals surface area contributed by atoms with E-state index in [9.17, 15) is 0 Å². The summed E-state index contributed by atoms with van der Waals surface area (Å²) < 4.78 is 0. The van der Waals surface area contributed by atoms with Gasteiger partial charge in [-0.15, -0.1) is 0 Å². The maximum Gasteiger partial charge on any atom is 0.0234 e. The minimum Gasteiger partial charge on any atom is -0.300 e. The van der Waals surface area contributed by atoms with Gasteiger partial charge in [-0.1, -0.05) is 43.3 Å². The Labute approximate surface area is 141 Å². The Morgan fingerprint density at radius 2 is 1.57 bits per heavy atom. The van der Waals surface area contributed by atoms with Crippen molar-refractivity contribution in [3.63, 3.8) is 0 Å². The highest BCUT2D eigenvalue weighted by atomic mass is 15.3. The van der Waals surface area contributed by atoms with E-state index in [0.717, 1.165) is 30.7 Å². The van der Waals surface area contributed by atoms with Crippen molar-refractivity contribution in [1.29, 1.82) is 0 Å². The lowest BCUT2D eigenvalue weighted by Gasteiger charge is -2.37. The standard InChI is InChI=1S/C21H30N2/c1-2-17-3-5-18(6-4-17)15-22-9-11-23(12-10-22)16-21-14-19-7-8-20(21)13-19/h3-8,19-21H,2,9-16H2,1H3/t19-,20-,21-/m1/s1. The Morgan fingerprint density at radius 3 is 2.17 bits per heavy atom. The average molecular weight is 310 g/mol. The fourth-order valence-electron chi connectivity index (χ4n) is 4.70. The molecule has 2 aliphatic carbocycles. The molecule has 23 heavy (non-hydrogen) atoms. The Bertz CT molecular complexity index is 539. The first kappa shape index (κ1) is 15.4. The van der Waals surface area contributed by atoms with Crippen molar-refractivity contribution in [2.45, 2.75) is 32.7 Å². The smallest absolute Gasteiger partial charge is 0.0234 e. The molecular formula is C21H30N2. The molecule has 2 bridgehead atoms. The number of hydrogen-bond donors (Lipinski definition) is 0. The number of nitrogens with zero attached hydrogens (tertiary/aromatic N) is 2. The Morgan fingerprint density at radius 1 is 0.870 bits per heavy atom. The summed E-state index contributed by atoms with van der Waals surface area (Å²) >= 11 is 0. The molecule has 2 fully saturated rings. The number of rotatable bonds is 5. The minimum atomic E-state index is 0.898. The van der Waals surface area contributed by atoms with Crippen molar-refractivity contribution >= 4 is 0 Å². The van der Waals surface area contributed by atoms with E-state index in [-0.39, 0.29) is 0 Å². The Balaban J connectivity index is 1.23. The molecule has 2 nitrogen and oxygen atoms in total. The van der Waals surface area contributed by atoms with Crippen LogP contribution in [-0.2, 0) is 13.0 Å². The highest BCUT2D eigenvalue weighted by Crippen LogP contribution is 2.43. The van der Waals surface area contributed by atoms with Gasteiger partial charge in [0.2, 0.25) is 0 Å². The first-order valence-corrected chi connectivity index (χ1v) is 9.51. The zero-order valence-corrected chi connectivity index (χ0v) is 14.5. The maximum atomic E-state index is 2.72. The van der Waals surface area contributed by atoms with E-state index in [0.29, 0.717) is 0 Å². The summed E-state index contributed by atoms with van der Waals surface area (Å²) in [7, 11) is 0. The molecule has 0 radical (unpaired) electrons. The minimum absolute atomic E-state index is 0.898. The van der Waals surface area contributed by atoms with Crippen LogP contribution in [0, 0.1) is 17.8 Å². The monoisotopic (exact) mass is 310 g/mol. The molecule has 0 unspecified atom stereocenters. The lowest BCUT2D eigenvalue weighted by molar-refractivity contribution is 0.108. The van der Waals surface area contributed by atoms with Crippen LogP contribution in [0.25, 0.3) is 0 Å². The zero-order chi connectivity index (χ0) is 15.6. The number of allylic oxidation sites excluding steroid dienone is 2. The van der Waals surface area contributed by atoms with E-state index in [1.807, 2.05) is 0 Å². The second kappa shape index (κ2) is 6.78. The summed E-state index contributed by atoms with van der Waals surface area (Å²) in [5.41, 5.74) is 2.91. The van der Waals surface area contributed by atoms with Crippen LogP contribution in [0.1, 0.15) is 30.9 Å². The first-order chi connectivity index (χ1) is 11.3. The number of fused-ring (bicyclic) bond motifs is 2. The SMILES string of the molecule is CCc1ccc(CN2CCN(C[C@H]3C[C@@H]4C=C[C@@H]3C4)CC2)cc1. The van der Waals surface area contributed by atoms with Crippen molar-refractivity contribution in [2.24, 2.45) is 17.8 Å². The first-order valence-electron chi connectivity index (χ1n) is 9.51. The van der Waals surface area contributed by atoms with Gasteiger partial charge in [0.25, 0.3) is 0 Å². The van der Waals surface area contributed by atoms with E-state index >= 15 is 0 Å². The molecule has 1 saturated carbocycles. The maximum absolute atomic E-state index is 2.72. The molecule has 1 heterocycles. The van der Waals surface area contributed by atoms with Crippen LogP contribution >= 0.6 is 0 Å². The lowest BCUT2D eigenvalue weighted by atomic mass is 9.93. The molecule has 1 aromatic carbocycles. The molecule has 0 spiro atoms. The van der Waals surface area contributed by atoms with Gasteiger partial charge in [-0.2, -0.15) is 0 Å². The molecule has 0 N–H and O–H groups in total. The number of benzene rings is 1. The Kier molecular flexibility index (Phi) is 4.54. The molecule has 0 amide bonds. The van der Waals surface area contributed by atoms with Crippen LogP contribution in [0.5, 0.6) is 0 Å². The number of piperazine rings is 1. The van der Waals surface area contributed by atoms with Crippen LogP contribution < -0.4 is 0 Å². The summed E-state index contributed by atoms with van der Waals surface area (Å²) in [5, 5.41) is 0. The van der Waals surface area contributed by atoms with E-state index in [1.54, 1.807) is 0 Å². The van der Waals surface area contributed by atoms with Crippen molar-refractivity contribution in [3.05, 3.63) is 47.5 Å². The van der Waals surface area contributed by atoms with Gasteiger partial charge in [0.15, 0.2) is 0 Å². The van der Waals surface area contributed by atoms with Gasteiger partial charge < -0.3 is 4.90 Å². The third-order valence-corrected chi connectivity index (χ3v) is 6.21. The topological polar surface area (TPSA) is 6.48 Å². The highest BCUT2D eigenvalue weighted by Gasteiger charge is 2.36. The second-order valence-corrected chi connectivity index (χ2v) is 7.79. The summed E-state index contributed by atoms with van der Waals surface area (Å²) in [6, 6.07) is 9.20. The van der Waals surface area contributed by atoms with Crippen LogP contribution in [-0.4, -0.2) is 42.5 Å². The number of hydrogen-bond acceptors (Lipinski definition) is 2. The van der Waals surface area contributed by atoms with Crippen molar-refractivity contribution in [1.82, 2.24) is 9.80 Å². The zero-order valence-electron chi connectivity index (χ0n) is 14.5. The van der Waals surface area contributed by atoms with Gasteiger partial charge in [0.1, 0.15) is 0 Å². The molecule has 1 aromatic rings. The lowest BCUT2D eigenvalue weighted by Crippen LogP contribution is -2.47.